The number of likely N-dealkylation sites (tertiary alicyclic amines) is 1. The topological polar surface area (TPSA) is 110 Å². The molecule has 2 unspecified atom stereocenters. The molecular formula is C31H54NO7S+. The zero-order valence-electron chi connectivity index (χ0n) is 25.1. The van der Waals surface area contributed by atoms with Crippen LogP contribution in [0.15, 0.2) is 30.3 Å². The first-order chi connectivity index (χ1) is 19.0. The summed E-state index contributed by atoms with van der Waals surface area (Å²) in [6.07, 6.45) is 16.5. The third kappa shape index (κ3) is 12.6. The predicted octanol–water partition coefficient (Wildman–Crippen LogP) is 6.18. The summed E-state index contributed by atoms with van der Waals surface area (Å²) in [5.74, 6) is -0.496. The number of nitrogens with zero attached hydrogens (tertiary/aromatic N) is 1. The summed E-state index contributed by atoms with van der Waals surface area (Å²) < 4.78 is 39.6. The molecule has 0 radical (unpaired) electrons. The molecule has 40 heavy (non-hydrogen) atoms. The van der Waals surface area contributed by atoms with Crippen LogP contribution in [-0.2, 0) is 29.7 Å². The van der Waals surface area contributed by atoms with Gasteiger partial charge in [-0.05, 0) is 24.8 Å². The van der Waals surface area contributed by atoms with E-state index < -0.39 is 22.0 Å². The lowest BCUT2D eigenvalue weighted by Gasteiger charge is -2.33. The monoisotopic (exact) mass is 584 g/mol. The fraction of sp³-hybridized carbons (Fsp3) is 0.774. The number of carbonyl (C=O) groups is 1. The molecule has 8 nitrogen and oxygen atoms in total. The average molecular weight is 585 g/mol. The van der Waals surface area contributed by atoms with Gasteiger partial charge in [0, 0.05) is 12.3 Å². The molecule has 1 aliphatic carbocycles. The SMILES string of the molecule is CCCCCCCCCCCCOS(=O)(=O)O.C[N+]1(C)CCC(OC(=O)C(O)(c2ccccc2)C2CCCC2)C1. The van der Waals surface area contributed by atoms with Gasteiger partial charge in [0.25, 0.3) is 0 Å². The first-order valence-corrected chi connectivity index (χ1v) is 16.8. The first kappa shape index (κ1) is 34.7. The van der Waals surface area contributed by atoms with E-state index >= 15 is 0 Å². The van der Waals surface area contributed by atoms with Crippen molar-refractivity contribution in [2.45, 2.75) is 115 Å². The number of unbranched alkanes of at least 4 members (excludes halogenated alkanes) is 9. The van der Waals surface area contributed by atoms with E-state index in [4.69, 9.17) is 9.29 Å². The molecule has 3 rings (SSSR count). The molecule has 1 aromatic carbocycles. The molecule has 230 valence electrons. The van der Waals surface area contributed by atoms with Crippen LogP contribution >= 0.6 is 0 Å². The van der Waals surface area contributed by atoms with Crippen LogP contribution in [0.5, 0.6) is 0 Å². The molecule has 1 heterocycles. The highest BCUT2D eigenvalue weighted by Gasteiger charge is 2.49. The number of carbonyl (C=O) groups excluding carboxylic acids is 1. The van der Waals surface area contributed by atoms with Crippen molar-refractivity contribution in [1.82, 2.24) is 0 Å². The highest BCUT2D eigenvalue weighted by molar-refractivity contribution is 7.80. The normalized spacial score (nSPS) is 20.5. The number of ether oxygens (including phenoxy) is 1. The van der Waals surface area contributed by atoms with Gasteiger partial charge in [0.2, 0.25) is 0 Å². The van der Waals surface area contributed by atoms with E-state index in [0.29, 0.717) is 12.0 Å². The van der Waals surface area contributed by atoms with Gasteiger partial charge >= 0.3 is 16.4 Å². The molecule has 0 amide bonds. The summed E-state index contributed by atoms with van der Waals surface area (Å²) in [5.41, 5.74) is -0.832. The van der Waals surface area contributed by atoms with Gasteiger partial charge in [0.05, 0.1) is 27.2 Å². The zero-order valence-corrected chi connectivity index (χ0v) is 25.9. The molecule has 2 fully saturated rings. The Labute approximate surface area is 243 Å². The van der Waals surface area contributed by atoms with Gasteiger partial charge in [0.1, 0.15) is 6.54 Å². The van der Waals surface area contributed by atoms with Crippen LogP contribution in [0.2, 0.25) is 0 Å². The second-order valence-corrected chi connectivity index (χ2v) is 13.3. The van der Waals surface area contributed by atoms with Gasteiger partial charge in [-0.3, -0.25) is 4.55 Å². The van der Waals surface area contributed by atoms with Gasteiger partial charge in [-0.2, -0.15) is 8.42 Å². The molecule has 2 N–H and O–H groups in total. The van der Waals surface area contributed by atoms with Crippen molar-refractivity contribution in [3.05, 3.63) is 35.9 Å². The third-order valence-electron chi connectivity index (χ3n) is 8.23. The summed E-state index contributed by atoms with van der Waals surface area (Å²) in [7, 11) is 0.0597. The number of likely N-dealkylation sites (N-methyl/N-ethyl adjacent to an activating group) is 1. The lowest BCUT2D eigenvalue weighted by Crippen LogP contribution is -2.46. The van der Waals surface area contributed by atoms with Crippen LogP contribution in [0.1, 0.15) is 109 Å². The predicted molar refractivity (Wildman–Crippen MR) is 158 cm³/mol. The smallest absolute Gasteiger partial charge is 0.397 e. The van der Waals surface area contributed by atoms with Gasteiger partial charge in [-0.15, -0.1) is 0 Å². The Balaban J connectivity index is 0.000000296. The van der Waals surface area contributed by atoms with Gasteiger partial charge in [-0.1, -0.05) is 108 Å². The van der Waals surface area contributed by atoms with E-state index in [2.05, 4.69) is 25.2 Å². The van der Waals surface area contributed by atoms with Crippen LogP contribution in [0.25, 0.3) is 0 Å². The number of quaternary nitrogens is 1. The van der Waals surface area contributed by atoms with Crippen molar-refractivity contribution in [3.63, 3.8) is 0 Å². The Bertz CT molecular complexity index is 948. The first-order valence-electron chi connectivity index (χ1n) is 15.4. The van der Waals surface area contributed by atoms with Gasteiger partial charge < -0.3 is 14.3 Å². The number of benzene rings is 1. The van der Waals surface area contributed by atoms with Crippen molar-refractivity contribution in [3.8, 4) is 0 Å². The van der Waals surface area contributed by atoms with E-state index in [1.165, 1.54) is 44.9 Å². The summed E-state index contributed by atoms with van der Waals surface area (Å²) in [6, 6.07) is 9.33. The lowest BCUT2D eigenvalue weighted by atomic mass is 9.80. The van der Waals surface area contributed by atoms with E-state index in [1.54, 1.807) is 0 Å². The number of aliphatic hydroxyl groups is 1. The van der Waals surface area contributed by atoms with E-state index in [9.17, 15) is 18.3 Å². The second-order valence-electron chi connectivity index (χ2n) is 12.2. The molecular weight excluding hydrogens is 530 g/mol. The molecule has 2 atom stereocenters. The number of esters is 1. The van der Waals surface area contributed by atoms with E-state index in [-0.39, 0.29) is 18.6 Å². The van der Waals surface area contributed by atoms with Gasteiger partial charge in [-0.25, -0.2) is 8.98 Å². The second kappa shape index (κ2) is 17.4. The summed E-state index contributed by atoms with van der Waals surface area (Å²) in [6.45, 7) is 4.14. The maximum absolute atomic E-state index is 12.9. The Morgan fingerprint density at radius 3 is 1.98 bits per heavy atom. The molecule has 9 heteroatoms. The van der Waals surface area contributed by atoms with E-state index in [1.807, 2.05) is 30.3 Å². The average Bonchev–Trinajstić information content (AvgIpc) is 3.57. The maximum Gasteiger partial charge on any atom is 0.397 e. The Morgan fingerprint density at radius 2 is 1.48 bits per heavy atom. The van der Waals surface area contributed by atoms with Crippen LogP contribution in [0.4, 0.5) is 0 Å². The molecule has 1 saturated heterocycles. The number of rotatable bonds is 16. The highest BCUT2D eigenvalue weighted by atomic mass is 32.3. The van der Waals surface area contributed by atoms with Crippen molar-refractivity contribution < 1.29 is 36.3 Å². The minimum Gasteiger partial charge on any atom is -0.454 e. The molecule has 1 aromatic rings. The van der Waals surface area contributed by atoms with Crippen molar-refractivity contribution in [2.75, 3.05) is 33.8 Å². The Kier molecular flexibility index (Phi) is 15.1. The molecule has 0 aromatic heterocycles. The number of hydrogen-bond donors (Lipinski definition) is 2. The van der Waals surface area contributed by atoms with Crippen molar-refractivity contribution >= 4 is 16.4 Å². The van der Waals surface area contributed by atoms with Crippen LogP contribution in [-0.4, -0.2) is 68.4 Å². The van der Waals surface area contributed by atoms with E-state index in [0.717, 1.165) is 62.5 Å². The van der Waals surface area contributed by atoms with Crippen LogP contribution in [0.3, 0.4) is 0 Å². The van der Waals surface area contributed by atoms with Crippen LogP contribution in [0, 0.1) is 5.92 Å². The van der Waals surface area contributed by atoms with Crippen molar-refractivity contribution in [1.29, 1.82) is 0 Å². The fourth-order valence-electron chi connectivity index (χ4n) is 5.87. The summed E-state index contributed by atoms with van der Waals surface area (Å²) >= 11 is 0. The fourth-order valence-corrected chi connectivity index (χ4v) is 6.20. The highest BCUT2D eigenvalue weighted by Crippen LogP contribution is 2.42. The Hall–Kier alpha value is -1.52. The molecule has 1 saturated carbocycles. The van der Waals surface area contributed by atoms with Gasteiger partial charge in [0.15, 0.2) is 11.7 Å². The third-order valence-corrected chi connectivity index (χ3v) is 8.69. The minimum atomic E-state index is -4.23. The van der Waals surface area contributed by atoms with Crippen LogP contribution < -0.4 is 0 Å². The standard InChI is InChI=1S/C19H28NO3.C12H26O4S/c1-20(2)13-12-17(14-20)23-18(21)19(22,16-10-6-7-11-16)15-8-4-3-5-9-15;1-2-3-4-5-6-7-8-9-10-11-12-16-17(13,14)15/h3-5,8-9,16-17,22H,6-7,10-14H2,1-2H3;2-12H2,1H3,(H,13,14,15)/q+1;. The Morgan fingerprint density at radius 1 is 0.925 bits per heavy atom. The minimum absolute atomic E-state index is 0.0405. The molecule has 1 aliphatic heterocycles. The molecule has 0 spiro atoms. The molecule has 0 bridgehead atoms. The number of hydrogen-bond acceptors (Lipinski definition) is 6. The lowest BCUT2D eigenvalue weighted by molar-refractivity contribution is -0.879. The zero-order chi connectivity index (χ0) is 29.5. The van der Waals surface area contributed by atoms with Crippen molar-refractivity contribution in [2.24, 2.45) is 5.92 Å². The summed E-state index contributed by atoms with van der Waals surface area (Å²) in [4.78, 5) is 12.9. The summed E-state index contributed by atoms with van der Waals surface area (Å²) in [5, 5.41) is 11.4. The molecule has 2 aliphatic rings. The quantitative estimate of drug-likeness (QED) is 0.103. The largest absolute Gasteiger partial charge is 0.454 e. The maximum atomic E-state index is 12.9.